The van der Waals surface area contributed by atoms with Crippen LogP contribution in [0.3, 0.4) is 0 Å². The molecule has 0 saturated heterocycles. The Morgan fingerprint density at radius 2 is 1.90 bits per heavy atom. The summed E-state index contributed by atoms with van der Waals surface area (Å²) in [6, 6.07) is 13.8. The van der Waals surface area contributed by atoms with Gasteiger partial charge in [0.2, 0.25) is 0 Å². The Bertz CT molecular complexity index is 507. The molecular weight excluding hydrogens is 250 g/mol. The number of hydrogen-bond donors (Lipinski definition) is 1. The van der Waals surface area contributed by atoms with Gasteiger partial charge in [0.05, 0.1) is 12.6 Å². The van der Waals surface area contributed by atoms with E-state index in [1.165, 1.54) is 0 Å². The zero-order valence-electron chi connectivity index (χ0n) is 12.2. The predicted octanol–water partition coefficient (Wildman–Crippen LogP) is 3.53. The molecule has 1 aromatic carbocycles. The second kappa shape index (κ2) is 7.27. The zero-order chi connectivity index (χ0) is 14.4. The number of nitrogens with zero attached hydrogens (tertiary/aromatic N) is 1. The van der Waals surface area contributed by atoms with Crippen molar-refractivity contribution in [1.29, 1.82) is 0 Å². The lowest BCUT2D eigenvalue weighted by atomic mass is 10.1. The fourth-order valence-corrected chi connectivity index (χ4v) is 2.37. The summed E-state index contributed by atoms with van der Waals surface area (Å²) in [6.07, 6.45) is 0.597. The van der Waals surface area contributed by atoms with Crippen LogP contribution in [0.2, 0.25) is 0 Å². The van der Waals surface area contributed by atoms with Gasteiger partial charge in [-0.3, -0.25) is 4.90 Å². The molecule has 20 heavy (non-hydrogen) atoms. The maximum atomic E-state index is 10.3. The minimum atomic E-state index is -0.459. The van der Waals surface area contributed by atoms with Gasteiger partial charge in [-0.25, -0.2) is 0 Å². The monoisotopic (exact) mass is 273 g/mol. The van der Waals surface area contributed by atoms with Crippen LogP contribution in [-0.2, 0) is 6.54 Å². The summed E-state index contributed by atoms with van der Waals surface area (Å²) in [7, 11) is 0. The normalized spacial score (nSPS) is 12.8. The van der Waals surface area contributed by atoms with E-state index in [1.807, 2.05) is 49.4 Å². The molecule has 0 fully saturated rings. The Kier molecular flexibility index (Phi) is 5.39. The Morgan fingerprint density at radius 3 is 2.50 bits per heavy atom. The van der Waals surface area contributed by atoms with Gasteiger partial charge in [-0.1, -0.05) is 37.3 Å². The molecule has 0 aliphatic carbocycles. The predicted molar refractivity (Wildman–Crippen MR) is 80.4 cm³/mol. The maximum absolute atomic E-state index is 10.3. The molecule has 3 nitrogen and oxygen atoms in total. The number of aryl methyl sites for hydroxylation is 1. The van der Waals surface area contributed by atoms with Crippen LogP contribution in [0.1, 0.15) is 36.5 Å². The van der Waals surface area contributed by atoms with E-state index in [2.05, 4.69) is 11.8 Å². The summed E-state index contributed by atoms with van der Waals surface area (Å²) in [4.78, 5) is 2.23. The first-order valence-corrected chi connectivity index (χ1v) is 7.19. The average Bonchev–Trinajstić information content (AvgIpc) is 2.85. The van der Waals surface area contributed by atoms with E-state index in [-0.39, 0.29) is 0 Å². The van der Waals surface area contributed by atoms with E-state index in [0.29, 0.717) is 6.54 Å². The first-order chi connectivity index (χ1) is 9.69. The summed E-state index contributed by atoms with van der Waals surface area (Å²) in [5, 5.41) is 10.3. The number of benzene rings is 1. The first-order valence-electron chi connectivity index (χ1n) is 7.19. The highest BCUT2D eigenvalue weighted by atomic mass is 16.3. The second-order valence-corrected chi connectivity index (χ2v) is 5.17. The molecule has 0 saturated carbocycles. The molecule has 2 rings (SSSR count). The maximum Gasteiger partial charge on any atom is 0.118 e. The highest BCUT2D eigenvalue weighted by molar-refractivity contribution is 5.17. The molecule has 1 unspecified atom stereocenters. The van der Waals surface area contributed by atoms with Crippen molar-refractivity contribution in [2.24, 2.45) is 0 Å². The van der Waals surface area contributed by atoms with Gasteiger partial charge in [0.1, 0.15) is 11.5 Å². The fraction of sp³-hybridized carbons (Fsp3) is 0.412. The van der Waals surface area contributed by atoms with Gasteiger partial charge in [-0.05, 0) is 37.6 Å². The van der Waals surface area contributed by atoms with E-state index >= 15 is 0 Å². The van der Waals surface area contributed by atoms with Crippen molar-refractivity contribution >= 4 is 0 Å². The van der Waals surface area contributed by atoms with Crippen molar-refractivity contribution in [3.8, 4) is 0 Å². The number of rotatable bonds is 7. The van der Waals surface area contributed by atoms with Gasteiger partial charge < -0.3 is 9.52 Å². The van der Waals surface area contributed by atoms with Crippen LogP contribution < -0.4 is 0 Å². The molecule has 108 valence electrons. The van der Waals surface area contributed by atoms with Crippen LogP contribution in [0.4, 0.5) is 0 Å². The molecule has 0 bridgehead atoms. The van der Waals surface area contributed by atoms with Gasteiger partial charge >= 0.3 is 0 Å². The van der Waals surface area contributed by atoms with Crippen molar-refractivity contribution in [3.05, 3.63) is 59.5 Å². The second-order valence-electron chi connectivity index (χ2n) is 5.17. The van der Waals surface area contributed by atoms with Gasteiger partial charge in [-0.2, -0.15) is 0 Å². The highest BCUT2D eigenvalue weighted by Gasteiger charge is 2.14. The van der Waals surface area contributed by atoms with Gasteiger partial charge in [0.25, 0.3) is 0 Å². The molecule has 1 aromatic heterocycles. The van der Waals surface area contributed by atoms with Crippen molar-refractivity contribution in [2.75, 3.05) is 13.1 Å². The Hall–Kier alpha value is -1.58. The molecule has 1 atom stereocenters. The largest absolute Gasteiger partial charge is 0.465 e. The molecule has 1 heterocycles. The smallest absolute Gasteiger partial charge is 0.118 e. The van der Waals surface area contributed by atoms with E-state index in [9.17, 15) is 5.11 Å². The van der Waals surface area contributed by atoms with E-state index < -0.39 is 6.10 Å². The van der Waals surface area contributed by atoms with Crippen LogP contribution >= 0.6 is 0 Å². The van der Waals surface area contributed by atoms with Crippen LogP contribution in [0.5, 0.6) is 0 Å². The molecule has 3 heteroatoms. The van der Waals surface area contributed by atoms with E-state index in [0.717, 1.165) is 36.6 Å². The van der Waals surface area contributed by atoms with Crippen molar-refractivity contribution < 1.29 is 9.52 Å². The van der Waals surface area contributed by atoms with Crippen LogP contribution in [0, 0.1) is 6.92 Å². The van der Waals surface area contributed by atoms with Crippen LogP contribution in [-0.4, -0.2) is 23.1 Å². The average molecular weight is 273 g/mol. The third kappa shape index (κ3) is 4.22. The molecule has 1 N–H and O–H groups in total. The Balaban J connectivity index is 1.98. The van der Waals surface area contributed by atoms with Crippen molar-refractivity contribution in [1.82, 2.24) is 4.90 Å². The van der Waals surface area contributed by atoms with Gasteiger partial charge in [0, 0.05) is 6.54 Å². The van der Waals surface area contributed by atoms with Crippen molar-refractivity contribution in [3.63, 3.8) is 0 Å². The van der Waals surface area contributed by atoms with E-state index in [4.69, 9.17) is 4.42 Å². The molecule has 0 aliphatic heterocycles. The lowest BCUT2D eigenvalue weighted by molar-refractivity contribution is 0.105. The highest BCUT2D eigenvalue weighted by Crippen LogP contribution is 2.16. The summed E-state index contributed by atoms with van der Waals surface area (Å²) >= 11 is 0. The first kappa shape index (κ1) is 14.8. The summed E-state index contributed by atoms with van der Waals surface area (Å²) in [6.45, 7) is 6.41. The number of aliphatic hydroxyl groups is 1. The Morgan fingerprint density at radius 1 is 1.15 bits per heavy atom. The zero-order valence-corrected chi connectivity index (χ0v) is 12.2. The SMILES string of the molecule is CCCN(Cc1ccc(C)o1)CC(O)c1ccccc1. The quantitative estimate of drug-likeness (QED) is 0.838. The van der Waals surface area contributed by atoms with Crippen molar-refractivity contribution in [2.45, 2.75) is 32.9 Å². The van der Waals surface area contributed by atoms with E-state index in [1.54, 1.807) is 0 Å². The lowest BCUT2D eigenvalue weighted by Crippen LogP contribution is -2.29. The minimum absolute atomic E-state index is 0.459. The fourth-order valence-electron chi connectivity index (χ4n) is 2.37. The molecule has 0 amide bonds. The lowest BCUT2D eigenvalue weighted by Gasteiger charge is -2.23. The number of hydrogen-bond acceptors (Lipinski definition) is 3. The van der Waals surface area contributed by atoms with Crippen LogP contribution in [0.25, 0.3) is 0 Å². The summed E-state index contributed by atoms with van der Waals surface area (Å²) < 4.78 is 5.62. The standard InChI is InChI=1S/C17H23NO2/c1-3-11-18(12-16-10-9-14(2)20-16)13-17(19)15-7-5-4-6-8-15/h4-10,17,19H,3,11-13H2,1-2H3. The number of furan rings is 1. The van der Waals surface area contributed by atoms with Gasteiger partial charge in [0.15, 0.2) is 0 Å². The molecular formula is C17H23NO2. The third-order valence-corrected chi connectivity index (χ3v) is 3.33. The molecule has 0 radical (unpaired) electrons. The Labute approximate surface area is 120 Å². The topological polar surface area (TPSA) is 36.6 Å². The number of aliphatic hydroxyl groups excluding tert-OH is 1. The molecule has 0 aliphatic rings. The minimum Gasteiger partial charge on any atom is -0.465 e. The molecule has 0 spiro atoms. The van der Waals surface area contributed by atoms with Gasteiger partial charge in [-0.15, -0.1) is 0 Å². The third-order valence-electron chi connectivity index (χ3n) is 3.33. The van der Waals surface area contributed by atoms with Crippen LogP contribution in [0.15, 0.2) is 46.9 Å². The summed E-state index contributed by atoms with van der Waals surface area (Å²) in [5.41, 5.74) is 0.962. The summed E-state index contributed by atoms with van der Waals surface area (Å²) in [5.74, 6) is 1.89. The molecule has 2 aromatic rings.